The molecular formula is C71H119N11O37. The van der Waals surface area contributed by atoms with Gasteiger partial charge in [-0.05, 0) is 37.6 Å². The third-order valence-corrected chi connectivity index (χ3v) is 18.4. The summed E-state index contributed by atoms with van der Waals surface area (Å²) in [6, 6.07) is -1.02. The molecule has 4 aliphatic heterocycles. The zero-order valence-corrected chi connectivity index (χ0v) is 66.8. The van der Waals surface area contributed by atoms with E-state index in [9.17, 15) is 110 Å². The molecule has 48 nitrogen and oxygen atoms in total. The number of aliphatic hydroxyl groups excluding tert-OH is 13. The van der Waals surface area contributed by atoms with E-state index >= 15 is 4.79 Å². The number of ether oxygens (including phenoxy) is 14. The molecule has 10 amide bonds. The molecule has 0 spiro atoms. The van der Waals surface area contributed by atoms with Gasteiger partial charge in [0.15, 0.2) is 25.2 Å². The maximum absolute atomic E-state index is 15.1. The van der Waals surface area contributed by atoms with E-state index in [0.29, 0.717) is 5.75 Å². The van der Waals surface area contributed by atoms with E-state index in [1.54, 1.807) is 0 Å². The van der Waals surface area contributed by atoms with Gasteiger partial charge in [-0.2, -0.15) is 0 Å². The maximum Gasteiger partial charge on any atom is 0.251 e. The van der Waals surface area contributed by atoms with E-state index in [-0.39, 0.29) is 124 Å². The van der Waals surface area contributed by atoms with Crippen molar-refractivity contribution in [1.82, 2.24) is 57.7 Å². The highest BCUT2D eigenvalue weighted by molar-refractivity contribution is 5.99. The Morgan fingerprint density at radius 2 is 0.706 bits per heavy atom. The van der Waals surface area contributed by atoms with Crippen molar-refractivity contribution in [3.8, 4) is 5.75 Å². The highest BCUT2D eigenvalue weighted by Crippen LogP contribution is 2.27. The molecule has 0 saturated carbocycles. The van der Waals surface area contributed by atoms with E-state index in [1.165, 1.54) is 45.2 Å². The van der Waals surface area contributed by atoms with Crippen LogP contribution >= 0.6 is 0 Å². The normalized spacial score (nSPS) is 27.3. The van der Waals surface area contributed by atoms with Gasteiger partial charge in [0.25, 0.3) is 5.91 Å². The summed E-state index contributed by atoms with van der Waals surface area (Å²) >= 11 is 0. The molecule has 5 rings (SSSR count). The predicted molar refractivity (Wildman–Crippen MR) is 399 cm³/mol. The van der Waals surface area contributed by atoms with Crippen LogP contribution in [-0.2, 0) is 105 Å². The van der Waals surface area contributed by atoms with Crippen LogP contribution in [0.1, 0.15) is 50.9 Å². The SMILES string of the molecule is COc1ccc(C(=O)NC(CCC(=O)N(CC(=O)NCCOCCOCCOC2OC(CO)C(O)C(O)C2NC(C)=O)CC(=O)NCCOCCOC2OC(CO)C(O)C(O)C2NC(C)O)C(=O)N(CC(=O)NCCOCCOC2OC(CO)C(O)C(O)C2NC(C)=O)CC(=O)NCCOCCOC2OC(CO)C(O)C(O)C2NC(C)=O)cc1. The van der Waals surface area contributed by atoms with Gasteiger partial charge in [-0.25, -0.2) is 0 Å². The largest absolute Gasteiger partial charge is 0.497 e. The number of carbonyl (C=O) groups is 10. The number of hydrogen-bond acceptors (Lipinski definition) is 38. The van der Waals surface area contributed by atoms with Crippen LogP contribution in [0.2, 0.25) is 0 Å². The number of carbonyl (C=O) groups excluding carboxylic acids is 10. The van der Waals surface area contributed by atoms with Crippen molar-refractivity contribution in [2.45, 2.75) is 175 Å². The van der Waals surface area contributed by atoms with Gasteiger partial charge in [0.1, 0.15) is 136 Å². The highest BCUT2D eigenvalue weighted by Gasteiger charge is 2.49. The Bertz CT molecular complexity index is 3140. The van der Waals surface area contributed by atoms with Crippen molar-refractivity contribution in [2.75, 3.05) is 178 Å². The Balaban J connectivity index is 1.29. The molecule has 680 valence electrons. The second kappa shape index (κ2) is 54.9. The molecule has 0 aromatic heterocycles. The average molecular weight is 1720 g/mol. The second-order valence-corrected chi connectivity index (χ2v) is 27.6. The average Bonchev–Trinajstić information content (AvgIpc) is 0.822. The zero-order chi connectivity index (χ0) is 87.7. The third-order valence-electron chi connectivity index (χ3n) is 18.4. The summed E-state index contributed by atoms with van der Waals surface area (Å²) in [5.74, 6) is -7.76. The van der Waals surface area contributed by atoms with Gasteiger partial charge in [-0.1, -0.05) is 0 Å². The van der Waals surface area contributed by atoms with Gasteiger partial charge in [0.05, 0.1) is 132 Å². The number of methoxy groups -OCH3 is 1. The first-order valence-corrected chi connectivity index (χ1v) is 38.6. The van der Waals surface area contributed by atoms with Gasteiger partial charge in [-0.15, -0.1) is 0 Å². The summed E-state index contributed by atoms with van der Waals surface area (Å²) in [5.41, 5.74) is -0.0319. The van der Waals surface area contributed by atoms with Crippen LogP contribution in [0.3, 0.4) is 0 Å². The van der Waals surface area contributed by atoms with Gasteiger partial charge < -0.3 is 185 Å². The minimum Gasteiger partial charge on any atom is -0.497 e. The van der Waals surface area contributed by atoms with Crippen LogP contribution in [0.4, 0.5) is 0 Å². The molecule has 4 saturated heterocycles. The number of amides is 10. The molecule has 4 heterocycles. The monoisotopic (exact) mass is 1720 g/mol. The minimum absolute atomic E-state index is 0.00249. The predicted octanol–water partition coefficient (Wildman–Crippen LogP) is -13.6. The van der Waals surface area contributed by atoms with Crippen molar-refractivity contribution in [3.63, 3.8) is 0 Å². The molecule has 0 radical (unpaired) electrons. The highest BCUT2D eigenvalue weighted by atomic mass is 16.7. The summed E-state index contributed by atoms with van der Waals surface area (Å²) < 4.78 is 78.0. The van der Waals surface area contributed by atoms with Crippen molar-refractivity contribution >= 4 is 59.1 Å². The van der Waals surface area contributed by atoms with Crippen LogP contribution in [0.15, 0.2) is 24.3 Å². The lowest BCUT2D eigenvalue weighted by molar-refractivity contribution is -0.275. The van der Waals surface area contributed by atoms with Gasteiger partial charge in [-0.3, -0.25) is 53.3 Å². The lowest BCUT2D eigenvalue weighted by atomic mass is 9.97. The van der Waals surface area contributed by atoms with Crippen molar-refractivity contribution in [2.24, 2.45) is 0 Å². The molecule has 22 N–H and O–H groups in total. The number of aliphatic hydroxyl groups is 13. The van der Waals surface area contributed by atoms with Gasteiger partial charge in [0.2, 0.25) is 53.2 Å². The summed E-state index contributed by atoms with van der Waals surface area (Å²) in [4.78, 5) is 136. The van der Waals surface area contributed by atoms with Crippen LogP contribution in [0.25, 0.3) is 0 Å². The first-order chi connectivity index (χ1) is 56.9. The first-order valence-electron chi connectivity index (χ1n) is 38.6. The second-order valence-electron chi connectivity index (χ2n) is 27.6. The fourth-order valence-electron chi connectivity index (χ4n) is 12.3. The fourth-order valence-corrected chi connectivity index (χ4v) is 12.3. The summed E-state index contributed by atoms with van der Waals surface area (Å²) in [5, 5.41) is 155. The molecule has 4 fully saturated rings. The molecule has 4 aliphatic rings. The van der Waals surface area contributed by atoms with Crippen LogP contribution in [0.5, 0.6) is 5.75 Å². The van der Waals surface area contributed by atoms with Crippen LogP contribution < -0.4 is 52.6 Å². The summed E-state index contributed by atoms with van der Waals surface area (Å²) in [6.07, 6.45) is -25.2. The number of hydrogen-bond donors (Lipinski definition) is 22. The quantitative estimate of drug-likeness (QED) is 0.0213. The Kier molecular flexibility index (Phi) is 47.2. The standard InChI is InChI=1S/C71H119N11O37/c1-38(87)76-54-62(100)58(96)45(34-83)116-68(54)112-26-22-108-17-13-73-50(92)31-81(30-49(91)72-12-16-107-20-21-111-25-29-115-71-57(79-41(4)90)65(103)61(99)48(37-86)119-71)53(95)11-10-44(80-66(104)42-6-8-43(106-5)9-7-42)67(105)82(32-51(93)74-14-18-109-23-27-113-69-55(77-39(2)88)63(101)59(97)46(35-84)117-69)33-52(94)75-15-19-110-24-28-114-70-56(78-40(3)89)64(102)60(98)47(36-85)118-70/h6-9,38,44-48,54-65,68-71,76,83-87,96-103H,10-37H2,1-5H3,(H,72,91)(H,73,92)(H,74,93)(H,75,94)(H,77,88)(H,78,89)(H,79,90)(H,80,104). The number of nitrogens with zero attached hydrogens (tertiary/aromatic N) is 2. The third kappa shape index (κ3) is 35.2. The lowest BCUT2D eigenvalue weighted by Crippen LogP contribution is -2.65. The molecule has 1 aromatic rings. The van der Waals surface area contributed by atoms with E-state index in [1.807, 2.05) is 0 Å². The number of rotatable bonds is 55. The fraction of sp³-hybridized carbons (Fsp3) is 0.775. The molecule has 0 aliphatic carbocycles. The van der Waals surface area contributed by atoms with E-state index < -0.39 is 259 Å². The maximum atomic E-state index is 15.1. The van der Waals surface area contributed by atoms with E-state index in [2.05, 4.69) is 47.9 Å². The lowest BCUT2D eigenvalue weighted by Gasteiger charge is -2.42. The van der Waals surface area contributed by atoms with Crippen LogP contribution in [-0.4, -0.2) is 448 Å². The number of benzene rings is 1. The molecule has 1 aromatic carbocycles. The van der Waals surface area contributed by atoms with E-state index in [0.717, 1.165) is 23.6 Å². The van der Waals surface area contributed by atoms with E-state index in [4.69, 9.17) is 66.3 Å². The summed E-state index contributed by atoms with van der Waals surface area (Å²) in [6.45, 7) is -4.12. The Hall–Kier alpha value is -7.36. The first kappa shape index (κ1) is 102. The van der Waals surface area contributed by atoms with Crippen molar-refractivity contribution < 1.29 is 181 Å². The Morgan fingerprint density at radius 3 is 1.01 bits per heavy atom. The molecule has 119 heavy (non-hydrogen) atoms. The molecule has 48 heteroatoms. The molecule has 0 bridgehead atoms. The Morgan fingerprint density at radius 1 is 0.412 bits per heavy atom. The Labute approximate surface area is 684 Å². The topological polar surface area (TPSA) is 678 Å². The molecule has 22 unspecified atom stereocenters. The smallest absolute Gasteiger partial charge is 0.251 e. The number of nitrogens with one attached hydrogen (secondary N) is 9. The van der Waals surface area contributed by atoms with Gasteiger partial charge >= 0.3 is 0 Å². The van der Waals surface area contributed by atoms with Crippen molar-refractivity contribution in [1.29, 1.82) is 0 Å². The van der Waals surface area contributed by atoms with Crippen LogP contribution in [0, 0.1) is 0 Å². The summed E-state index contributed by atoms with van der Waals surface area (Å²) in [7, 11) is 1.37. The zero-order valence-electron chi connectivity index (χ0n) is 66.8. The van der Waals surface area contributed by atoms with Gasteiger partial charge in [0, 0.05) is 58.9 Å². The minimum atomic E-state index is -1.78. The van der Waals surface area contributed by atoms with Crippen molar-refractivity contribution in [3.05, 3.63) is 29.8 Å². The molecule has 22 atom stereocenters. The molecular weight excluding hydrogens is 1600 g/mol.